The van der Waals surface area contributed by atoms with E-state index in [-0.39, 0.29) is 0 Å². The van der Waals surface area contributed by atoms with Crippen molar-refractivity contribution in [3.05, 3.63) is 70.4 Å². The Morgan fingerprint density at radius 1 is 1.12 bits per heavy atom. The van der Waals surface area contributed by atoms with Crippen LogP contribution in [0.4, 0.5) is 0 Å². The maximum absolute atomic E-state index is 4.58. The molecule has 34 heavy (non-hydrogen) atoms. The number of aromatic amines is 2. The molecule has 0 saturated carbocycles. The van der Waals surface area contributed by atoms with Crippen LogP contribution in [0.3, 0.4) is 0 Å². The van der Waals surface area contributed by atoms with Crippen molar-refractivity contribution >= 4 is 23.9 Å². The molecule has 1 aliphatic rings. The molecule has 0 aromatic carbocycles. The lowest BCUT2D eigenvalue weighted by atomic mass is 10.1. The van der Waals surface area contributed by atoms with Gasteiger partial charge in [0.2, 0.25) is 0 Å². The van der Waals surface area contributed by atoms with E-state index >= 15 is 0 Å². The van der Waals surface area contributed by atoms with Crippen LogP contribution >= 0.6 is 0 Å². The molecule has 4 heterocycles. The van der Waals surface area contributed by atoms with Crippen LogP contribution < -0.4 is 10.6 Å². The number of aryl methyl sites for hydroxylation is 2. The standard InChI is InChI=1S/C27H35N7/c1-8-9-25(34-14-12-32(6)13-15-34)22-16-24(29-20(22)4)27-19(3)23(30-31-27)11-10-18(2)26-17-28-21(5)33(26)7/h8-11,16-17,29-30H,1,3,12-15H2,2,4-7H3/b18-10+,23-11+,25-9+. The molecule has 0 radical (unpaired) electrons. The molecule has 0 aliphatic carbocycles. The Kier molecular flexibility index (Phi) is 6.75. The van der Waals surface area contributed by atoms with Gasteiger partial charge >= 0.3 is 0 Å². The SMILES string of the molecule is C=C/C=C(\c1cc(-c2n[nH]/c(=C/C=C(\C)c3cnc(C)n3C)c2=C)[nH]c1C)N1CCN(C)CC1. The summed E-state index contributed by atoms with van der Waals surface area (Å²) in [6.07, 6.45) is 9.98. The number of piperazine rings is 1. The third-order valence-electron chi connectivity index (χ3n) is 6.69. The molecular formula is C27H35N7. The predicted molar refractivity (Wildman–Crippen MR) is 141 cm³/mol. The van der Waals surface area contributed by atoms with E-state index in [1.807, 2.05) is 32.3 Å². The summed E-state index contributed by atoms with van der Waals surface area (Å²) in [7, 11) is 4.20. The first-order valence-corrected chi connectivity index (χ1v) is 11.7. The highest BCUT2D eigenvalue weighted by atomic mass is 15.3. The van der Waals surface area contributed by atoms with Gasteiger partial charge in [-0.05, 0) is 51.6 Å². The summed E-state index contributed by atoms with van der Waals surface area (Å²) in [6.45, 7) is 18.6. The average molecular weight is 458 g/mol. The topological polar surface area (TPSA) is 68.8 Å². The lowest BCUT2D eigenvalue weighted by molar-refractivity contribution is 0.207. The number of allylic oxidation sites excluding steroid dienone is 4. The van der Waals surface area contributed by atoms with Crippen molar-refractivity contribution in [1.82, 2.24) is 34.5 Å². The van der Waals surface area contributed by atoms with Crippen LogP contribution in [-0.4, -0.2) is 67.8 Å². The molecule has 1 aliphatic heterocycles. The molecule has 7 nitrogen and oxygen atoms in total. The second kappa shape index (κ2) is 9.73. The maximum atomic E-state index is 4.58. The summed E-state index contributed by atoms with van der Waals surface area (Å²) in [5.41, 5.74) is 7.49. The van der Waals surface area contributed by atoms with Gasteiger partial charge in [-0.25, -0.2) is 4.98 Å². The van der Waals surface area contributed by atoms with Gasteiger partial charge in [0, 0.05) is 55.4 Å². The van der Waals surface area contributed by atoms with E-state index in [1.165, 1.54) is 11.3 Å². The summed E-state index contributed by atoms with van der Waals surface area (Å²) in [4.78, 5) is 12.7. The van der Waals surface area contributed by atoms with E-state index < -0.39 is 0 Å². The first-order valence-electron chi connectivity index (χ1n) is 11.7. The Labute approximate surface area is 201 Å². The smallest absolute Gasteiger partial charge is 0.116 e. The first-order chi connectivity index (χ1) is 16.3. The van der Waals surface area contributed by atoms with Crippen molar-refractivity contribution in [3.63, 3.8) is 0 Å². The molecule has 0 bridgehead atoms. The normalized spacial score (nSPS) is 16.5. The zero-order valence-corrected chi connectivity index (χ0v) is 20.9. The Hall–Kier alpha value is -3.58. The van der Waals surface area contributed by atoms with Crippen LogP contribution in [0.2, 0.25) is 0 Å². The van der Waals surface area contributed by atoms with Gasteiger partial charge < -0.3 is 19.4 Å². The molecule has 1 saturated heterocycles. The van der Waals surface area contributed by atoms with Crippen molar-refractivity contribution in [2.24, 2.45) is 7.05 Å². The van der Waals surface area contributed by atoms with Crippen LogP contribution in [-0.2, 0) is 7.05 Å². The minimum atomic E-state index is 0.833. The Morgan fingerprint density at radius 3 is 2.50 bits per heavy atom. The lowest BCUT2D eigenvalue weighted by Gasteiger charge is -2.35. The molecule has 0 spiro atoms. The second-order valence-corrected chi connectivity index (χ2v) is 9.03. The Bertz CT molecular complexity index is 1350. The number of imidazole rings is 1. The first kappa shape index (κ1) is 23.6. The molecule has 7 heteroatoms. The van der Waals surface area contributed by atoms with E-state index in [0.29, 0.717) is 0 Å². The van der Waals surface area contributed by atoms with Gasteiger partial charge in [-0.2, -0.15) is 5.10 Å². The fraction of sp³-hybridized carbons (Fsp3) is 0.333. The van der Waals surface area contributed by atoms with E-state index in [4.69, 9.17) is 0 Å². The minimum absolute atomic E-state index is 0.833. The highest BCUT2D eigenvalue weighted by Crippen LogP contribution is 2.27. The molecule has 4 rings (SSSR count). The zero-order valence-electron chi connectivity index (χ0n) is 20.9. The third-order valence-corrected chi connectivity index (χ3v) is 6.69. The largest absolute Gasteiger partial charge is 0.368 e. The zero-order chi connectivity index (χ0) is 24.4. The summed E-state index contributed by atoms with van der Waals surface area (Å²) in [6, 6.07) is 2.18. The maximum Gasteiger partial charge on any atom is 0.116 e. The highest BCUT2D eigenvalue weighted by molar-refractivity contribution is 5.73. The van der Waals surface area contributed by atoms with Crippen molar-refractivity contribution in [2.45, 2.75) is 20.8 Å². The van der Waals surface area contributed by atoms with E-state index in [0.717, 1.165) is 70.9 Å². The molecule has 2 N–H and O–H groups in total. The highest BCUT2D eigenvalue weighted by Gasteiger charge is 2.20. The second-order valence-electron chi connectivity index (χ2n) is 9.03. The molecule has 0 amide bonds. The summed E-state index contributed by atoms with van der Waals surface area (Å²) >= 11 is 0. The number of aromatic nitrogens is 5. The van der Waals surface area contributed by atoms with E-state index in [2.05, 4.69) is 86.8 Å². The molecule has 1 fully saturated rings. The summed E-state index contributed by atoms with van der Waals surface area (Å²) in [5.74, 6) is 0.990. The lowest BCUT2D eigenvalue weighted by Crippen LogP contribution is -2.43. The van der Waals surface area contributed by atoms with Crippen molar-refractivity contribution in [3.8, 4) is 11.4 Å². The van der Waals surface area contributed by atoms with Crippen molar-refractivity contribution < 1.29 is 0 Å². The number of rotatable bonds is 6. The predicted octanol–water partition coefficient (Wildman–Crippen LogP) is 2.82. The molecule has 0 unspecified atom stereocenters. The molecule has 3 aromatic rings. The Balaban J connectivity index is 1.65. The van der Waals surface area contributed by atoms with Gasteiger partial charge in [0.05, 0.1) is 22.9 Å². The molecule has 0 atom stereocenters. The number of hydrogen-bond donors (Lipinski definition) is 2. The van der Waals surface area contributed by atoms with Gasteiger partial charge in [0.1, 0.15) is 11.5 Å². The van der Waals surface area contributed by atoms with Crippen LogP contribution in [0, 0.1) is 13.8 Å². The van der Waals surface area contributed by atoms with E-state index in [9.17, 15) is 0 Å². The summed E-state index contributed by atoms with van der Waals surface area (Å²) in [5, 5.41) is 9.49. The van der Waals surface area contributed by atoms with Crippen LogP contribution in [0.5, 0.6) is 0 Å². The number of nitrogens with zero attached hydrogens (tertiary/aromatic N) is 5. The molecule has 3 aromatic heterocycles. The van der Waals surface area contributed by atoms with Crippen LogP contribution in [0.1, 0.15) is 29.7 Å². The van der Waals surface area contributed by atoms with Gasteiger partial charge in [-0.1, -0.05) is 25.3 Å². The summed E-state index contributed by atoms with van der Waals surface area (Å²) < 4.78 is 2.08. The third kappa shape index (κ3) is 4.56. The number of likely N-dealkylation sites (N-methyl/N-ethyl adjacent to an activating group) is 1. The van der Waals surface area contributed by atoms with Gasteiger partial charge in [-0.15, -0.1) is 0 Å². The van der Waals surface area contributed by atoms with Crippen LogP contribution in [0.15, 0.2) is 37.1 Å². The van der Waals surface area contributed by atoms with Gasteiger partial charge in [-0.3, -0.25) is 5.10 Å². The Morgan fingerprint density at radius 2 is 1.85 bits per heavy atom. The van der Waals surface area contributed by atoms with Gasteiger partial charge in [0.25, 0.3) is 0 Å². The fourth-order valence-corrected chi connectivity index (χ4v) is 4.38. The van der Waals surface area contributed by atoms with E-state index in [1.54, 1.807) is 0 Å². The number of nitrogens with one attached hydrogen (secondary N) is 2. The molecule has 178 valence electrons. The van der Waals surface area contributed by atoms with Gasteiger partial charge in [0.15, 0.2) is 0 Å². The van der Waals surface area contributed by atoms with Crippen LogP contribution in [0.25, 0.3) is 35.3 Å². The number of hydrogen-bond acceptors (Lipinski definition) is 4. The minimum Gasteiger partial charge on any atom is -0.368 e. The monoisotopic (exact) mass is 457 g/mol. The van der Waals surface area contributed by atoms with Crippen molar-refractivity contribution in [2.75, 3.05) is 33.2 Å². The van der Waals surface area contributed by atoms with Crippen molar-refractivity contribution in [1.29, 1.82) is 0 Å². The number of H-pyrrole nitrogens is 2. The average Bonchev–Trinajstić information content (AvgIpc) is 3.48. The fourth-order valence-electron chi connectivity index (χ4n) is 4.38. The molecular weight excluding hydrogens is 422 g/mol. The quantitative estimate of drug-likeness (QED) is 0.559.